The Bertz CT molecular complexity index is 809. The van der Waals surface area contributed by atoms with Crippen molar-refractivity contribution in [2.45, 2.75) is 79.8 Å². The van der Waals surface area contributed by atoms with Crippen LogP contribution in [0.5, 0.6) is 0 Å². The van der Waals surface area contributed by atoms with Crippen LogP contribution in [-0.2, 0) is 42.9 Å². The van der Waals surface area contributed by atoms with Gasteiger partial charge in [0.15, 0.2) is 18.1 Å². The van der Waals surface area contributed by atoms with Gasteiger partial charge in [0.25, 0.3) is 0 Å². The van der Waals surface area contributed by atoms with Gasteiger partial charge in [0.1, 0.15) is 12.7 Å². The maximum atomic E-state index is 11.8. The predicted molar refractivity (Wildman–Crippen MR) is 143 cm³/mol. The molecule has 0 spiro atoms. The molecule has 0 rings (SSSR count). The van der Waals surface area contributed by atoms with Gasteiger partial charge in [0.05, 0.1) is 39.1 Å². The van der Waals surface area contributed by atoms with Gasteiger partial charge in [-0.2, -0.15) is 0 Å². The second-order valence-electron chi connectivity index (χ2n) is 10.4. The quantitative estimate of drug-likeness (QED) is 0.0620. The molecule has 0 fully saturated rings. The van der Waals surface area contributed by atoms with Crippen LogP contribution in [0.1, 0.15) is 55.4 Å². The molecule has 0 saturated heterocycles. The van der Waals surface area contributed by atoms with Crippen molar-refractivity contribution in [3.05, 3.63) is 0 Å². The van der Waals surface area contributed by atoms with Crippen molar-refractivity contribution >= 4 is 29.8 Å². The summed E-state index contributed by atoms with van der Waals surface area (Å²) in [6.45, 7) is 9.93. The lowest BCUT2D eigenvalue weighted by atomic mass is 9.94. The minimum absolute atomic E-state index is 0.181. The number of carbonyl (C=O) groups is 5. The van der Waals surface area contributed by atoms with E-state index in [1.54, 1.807) is 20.8 Å². The lowest BCUT2D eigenvalue weighted by Gasteiger charge is -2.24. The topological polar surface area (TPSA) is 264 Å². The van der Waals surface area contributed by atoms with Crippen LogP contribution in [0.25, 0.3) is 0 Å². The first-order valence-electron chi connectivity index (χ1n) is 12.9. The van der Waals surface area contributed by atoms with E-state index in [4.69, 9.17) is 50.0 Å². The number of rotatable bonds is 15. The number of aliphatic hydroxyl groups is 6. The van der Waals surface area contributed by atoms with Crippen LogP contribution in [0.15, 0.2) is 0 Å². The number of carbonyl (C=O) groups excluding carboxylic acids is 4. The lowest BCUT2D eigenvalue weighted by molar-refractivity contribution is -0.176. The smallest absolute Gasteiger partial charge is 0.347 e. The van der Waals surface area contributed by atoms with Crippen molar-refractivity contribution in [3.8, 4) is 0 Å². The zero-order valence-corrected chi connectivity index (χ0v) is 25.4. The van der Waals surface area contributed by atoms with E-state index in [0.717, 1.165) is 0 Å². The molecule has 0 bridgehead atoms. The zero-order valence-electron chi connectivity index (χ0n) is 25.4. The first-order chi connectivity index (χ1) is 19.2. The van der Waals surface area contributed by atoms with Crippen LogP contribution in [0.4, 0.5) is 0 Å². The number of hydrogen-bond acceptors (Lipinski definition) is 15. The third-order valence-electron chi connectivity index (χ3n) is 5.14. The van der Waals surface area contributed by atoms with Crippen LogP contribution in [-0.4, -0.2) is 130 Å². The van der Waals surface area contributed by atoms with Gasteiger partial charge in [0, 0.05) is 10.8 Å². The Hall–Kier alpha value is -2.89. The van der Waals surface area contributed by atoms with Gasteiger partial charge in [-0.05, 0) is 41.5 Å². The fourth-order valence-corrected chi connectivity index (χ4v) is 1.73. The Morgan fingerprint density at radius 2 is 1.00 bits per heavy atom. The standard InChI is InChI=1S/C15H26O8.C6H10O5.C5H12O3/c1-9(2)22-14(20)11(4)23-13(19)10(3)12(18)21-8-15(5,6-16)7-17;1-3(7)6(10)11-4(2)5(8)9;1-5(2-6,3-7)4-8/h9-11,16-17H,6-8H2,1-5H3;3-4,7H,1-2H3,(H,8,9);6-8H,2-4H2,1H3. The number of esters is 4. The van der Waals surface area contributed by atoms with E-state index in [0.29, 0.717) is 0 Å². The molecule has 248 valence electrons. The predicted octanol–water partition coefficient (Wildman–Crippen LogP) is -1.61. The molecule has 4 unspecified atom stereocenters. The van der Waals surface area contributed by atoms with E-state index in [1.807, 2.05) is 0 Å². The van der Waals surface area contributed by atoms with Crippen LogP contribution < -0.4 is 0 Å². The molecule has 0 radical (unpaired) electrons. The number of carboxylic acid groups (broad SMARTS) is 1. The summed E-state index contributed by atoms with van der Waals surface area (Å²) in [6.07, 6.45) is -3.98. The number of hydrogen-bond donors (Lipinski definition) is 7. The Kier molecular flexibility index (Phi) is 22.6. The molecule has 0 aromatic rings. The van der Waals surface area contributed by atoms with E-state index in [2.05, 4.69) is 4.74 Å². The highest BCUT2D eigenvalue weighted by Gasteiger charge is 2.31. The first-order valence-corrected chi connectivity index (χ1v) is 12.9. The Morgan fingerprint density at radius 3 is 1.31 bits per heavy atom. The maximum absolute atomic E-state index is 11.8. The fraction of sp³-hybridized carbons (Fsp3) is 0.808. The van der Waals surface area contributed by atoms with E-state index >= 15 is 0 Å². The molecule has 16 heteroatoms. The average molecular weight is 617 g/mol. The van der Waals surface area contributed by atoms with E-state index in [-0.39, 0.29) is 45.7 Å². The summed E-state index contributed by atoms with van der Waals surface area (Å²) in [5.74, 6) is -5.91. The lowest BCUT2D eigenvalue weighted by Crippen LogP contribution is -2.36. The molecule has 4 atom stereocenters. The van der Waals surface area contributed by atoms with Gasteiger partial charge >= 0.3 is 29.8 Å². The van der Waals surface area contributed by atoms with Gasteiger partial charge in [-0.3, -0.25) is 9.59 Å². The van der Waals surface area contributed by atoms with Gasteiger partial charge in [-0.25, -0.2) is 14.4 Å². The van der Waals surface area contributed by atoms with Crippen LogP contribution >= 0.6 is 0 Å². The monoisotopic (exact) mass is 616 g/mol. The van der Waals surface area contributed by atoms with Crippen molar-refractivity contribution < 1.29 is 78.7 Å². The summed E-state index contributed by atoms with van der Waals surface area (Å²) in [7, 11) is 0. The molecular formula is C26H48O16. The highest BCUT2D eigenvalue weighted by molar-refractivity contribution is 5.95. The van der Waals surface area contributed by atoms with E-state index in [9.17, 15) is 24.0 Å². The zero-order chi connectivity index (χ0) is 33.8. The number of carboxylic acids is 1. The first kappa shape index (κ1) is 43.6. The number of aliphatic carboxylic acids is 1. The van der Waals surface area contributed by atoms with Crippen LogP contribution in [0.2, 0.25) is 0 Å². The van der Waals surface area contributed by atoms with Crippen molar-refractivity contribution in [1.82, 2.24) is 0 Å². The summed E-state index contributed by atoms with van der Waals surface area (Å²) in [5.41, 5.74) is -1.70. The molecule has 42 heavy (non-hydrogen) atoms. The second kappa shape index (κ2) is 21.8. The van der Waals surface area contributed by atoms with Crippen molar-refractivity contribution in [2.75, 3.05) is 39.6 Å². The van der Waals surface area contributed by atoms with Crippen molar-refractivity contribution in [1.29, 1.82) is 0 Å². The SMILES string of the molecule is CC(C)OC(=O)C(C)OC(=O)C(C)C(=O)OCC(C)(CO)CO.CC(CO)(CO)CO.CC(O)C(=O)OC(C)C(=O)O. The van der Waals surface area contributed by atoms with Gasteiger partial charge in [0.2, 0.25) is 0 Å². The molecule has 16 nitrogen and oxygen atoms in total. The molecule has 0 amide bonds. The van der Waals surface area contributed by atoms with Crippen molar-refractivity contribution in [2.24, 2.45) is 16.7 Å². The summed E-state index contributed by atoms with van der Waals surface area (Å²) in [4.78, 5) is 55.8. The van der Waals surface area contributed by atoms with Crippen LogP contribution in [0, 0.1) is 16.7 Å². The Balaban J connectivity index is -0.000000658. The van der Waals surface area contributed by atoms with Gasteiger partial charge in [-0.1, -0.05) is 13.8 Å². The van der Waals surface area contributed by atoms with Crippen molar-refractivity contribution in [3.63, 3.8) is 0 Å². The van der Waals surface area contributed by atoms with E-state index in [1.165, 1.54) is 34.6 Å². The van der Waals surface area contributed by atoms with E-state index < -0.39 is 64.9 Å². The fourth-order valence-electron chi connectivity index (χ4n) is 1.73. The summed E-state index contributed by atoms with van der Waals surface area (Å²) in [6, 6.07) is 0. The Morgan fingerprint density at radius 1 is 0.595 bits per heavy atom. The minimum Gasteiger partial charge on any atom is -0.479 e. The molecule has 0 aliphatic heterocycles. The average Bonchev–Trinajstić information content (AvgIpc) is 2.94. The maximum Gasteiger partial charge on any atom is 0.347 e. The summed E-state index contributed by atoms with van der Waals surface area (Å²) < 4.78 is 18.9. The summed E-state index contributed by atoms with van der Waals surface area (Å²) >= 11 is 0. The molecule has 0 aliphatic carbocycles. The highest BCUT2D eigenvalue weighted by Crippen LogP contribution is 2.16. The normalized spacial score (nSPS) is 14.0. The largest absolute Gasteiger partial charge is 0.479 e. The molecule has 7 N–H and O–H groups in total. The Labute approximate surface area is 245 Å². The summed E-state index contributed by atoms with van der Waals surface area (Å²) in [5, 5.41) is 60.4. The van der Waals surface area contributed by atoms with Gasteiger partial charge < -0.3 is 54.7 Å². The van der Waals surface area contributed by atoms with Gasteiger partial charge in [-0.15, -0.1) is 0 Å². The molecule has 0 aromatic carbocycles. The molecular weight excluding hydrogens is 568 g/mol. The third kappa shape index (κ3) is 19.3. The second-order valence-corrected chi connectivity index (χ2v) is 10.4. The molecule has 0 heterocycles. The van der Waals surface area contributed by atoms with Crippen LogP contribution in [0.3, 0.4) is 0 Å². The molecule has 0 aromatic heterocycles. The number of ether oxygens (including phenoxy) is 4. The minimum atomic E-state index is -1.28. The third-order valence-corrected chi connectivity index (χ3v) is 5.14. The number of aliphatic hydroxyl groups excluding tert-OH is 6. The highest BCUT2D eigenvalue weighted by atomic mass is 16.6. The molecule has 0 saturated carbocycles. The molecule has 0 aliphatic rings.